The number of carbonyl (C=O) groups is 1. The Morgan fingerprint density at radius 3 is 2.71 bits per heavy atom. The summed E-state index contributed by atoms with van der Waals surface area (Å²) in [4.78, 5) is 9.86. The van der Waals surface area contributed by atoms with Gasteiger partial charge < -0.3 is 4.74 Å². The Balaban J connectivity index is 3.17. The maximum absolute atomic E-state index is 9.86. The average molecular weight is 103 g/mol. The van der Waals surface area contributed by atoms with Gasteiger partial charge in [-0.25, -0.2) is 4.79 Å². The highest BCUT2D eigenvalue weighted by Crippen LogP contribution is 1.66. The summed E-state index contributed by atoms with van der Waals surface area (Å²) in [7, 11) is 1.19. The zero-order chi connectivity index (χ0) is 5.70. The predicted molar refractivity (Wildman–Crippen MR) is 20.7 cm³/mol. The second-order valence-electron chi connectivity index (χ2n) is 0.715. The van der Waals surface area contributed by atoms with Gasteiger partial charge in [-0.2, -0.15) is 11.0 Å². The van der Waals surface area contributed by atoms with Crippen LogP contribution in [-0.4, -0.2) is 13.2 Å². The molecule has 0 radical (unpaired) electrons. The van der Waals surface area contributed by atoms with E-state index in [1.165, 1.54) is 7.11 Å². The van der Waals surface area contributed by atoms with Crippen LogP contribution in [0, 0.1) is 5.53 Å². The molecule has 0 fully saturated rings. The van der Waals surface area contributed by atoms with Gasteiger partial charge in [0, 0.05) is 0 Å². The maximum atomic E-state index is 9.86. The summed E-state index contributed by atoms with van der Waals surface area (Å²) in [6, 6.07) is 0. The van der Waals surface area contributed by atoms with E-state index in [1.807, 2.05) is 0 Å². The van der Waals surface area contributed by atoms with E-state index in [2.05, 4.69) is 9.96 Å². The quantitative estimate of drug-likeness (QED) is 0.369. The lowest BCUT2D eigenvalue weighted by Gasteiger charge is -1.89. The second-order valence-corrected chi connectivity index (χ2v) is 0.715. The number of hydrogen-bond donors (Lipinski definition) is 2. The number of ether oxygens (including phenoxy) is 1. The van der Waals surface area contributed by atoms with E-state index < -0.39 is 6.09 Å². The van der Waals surface area contributed by atoms with E-state index in [0.717, 1.165) is 0 Å². The van der Waals surface area contributed by atoms with Gasteiger partial charge in [0.05, 0.1) is 7.11 Å². The SMILES string of the molecule is COC(=O)NN=N. The molecule has 0 rings (SSSR count). The predicted octanol–water partition coefficient (Wildman–Crippen LogP) is 0.288. The normalized spacial score (nSPS) is 7.00. The molecule has 0 aromatic heterocycles. The van der Waals surface area contributed by atoms with Crippen molar-refractivity contribution in [2.45, 2.75) is 0 Å². The van der Waals surface area contributed by atoms with E-state index in [9.17, 15) is 4.79 Å². The molecule has 0 aliphatic carbocycles. The summed E-state index contributed by atoms with van der Waals surface area (Å²) >= 11 is 0. The summed E-state index contributed by atoms with van der Waals surface area (Å²) in [6.45, 7) is 0. The first-order valence-electron chi connectivity index (χ1n) is 1.51. The summed E-state index contributed by atoms with van der Waals surface area (Å²) in [6.07, 6.45) is -0.727. The number of rotatable bonds is 1. The number of hydrogen-bond acceptors (Lipinski definition) is 4. The zero-order valence-electron chi connectivity index (χ0n) is 3.76. The average Bonchev–Trinajstić information content (AvgIpc) is 1.68. The Morgan fingerprint density at radius 1 is 2.00 bits per heavy atom. The van der Waals surface area contributed by atoms with Crippen molar-refractivity contribution >= 4 is 6.09 Å². The number of nitrogens with one attached hydrogen (secondary N) is 2. The van der Waals surface area contributed by atoms with Gasteiger partial charge in [-0.1, -0.05) is 5.22 Å². The first-order chi connectivity index (χ1) is 3.31. The Morgan fingerprint density at radius 2 is 2.57 bits per heavy atom. The molecule has 1 amide bonds. The highest BCUT2D eigenvalue weighted by Gasteiger charge is 1.89. The molecule has 0 bridgehead atoms. The van der Waals surface area contributed by atoms with Crippen LogP contribution >= 0.6 is 0 Å². The molecule has 0 aliphatic rings. The van der Waals surface area contributed by atoms with Crippen molar-refractivity contribution in [3.8, 4) is 0 Å². The van der Waals surface area contributed by atoms with Crippen LogP contribution in [0.1, 0.15) is 0 Å². The van der Waals surface area contributed by atoms with Gasteiger partial charge in [0.15, 0.2) is 0 Å². The van der Waals surface area contributed by atoms with E-state index in [4.69, 9.17) is 5.53 Å². The summed E-state index contributed by atoms with van der Waals surface area (Å²) < 4.78 is 4.03. The van der Waals surface area contributed by atoms with Crippen molar-refractivity contribution in [1.29, 1.82) is 5.53 Å². The van der Waals surface area contributed by atoms with E-state index in [1.54, 1.807) is 5.43 Å². The molecular formula is C2H5N3O2. The standard InChI is InChI=1S/C2H5N3O2/c1-7-2(6)4-5-3/h1H3,(H2,3,4,6). The Hall–Kier alpha value is -1.13. The van der Waals surface area contributed by atoms with Crippen molar-refractivity contribution in [1.82, 2.24) is 5.43 Å². The number of nitrogens with zero attached hydrogens (tertiary/aromatic N) is 1. The molecule has 5 nitrogen and oxygen atoms in total. The van der Waals surface area contributed by atoms with E-state index >= 15 is 0 Å². The maximum Gasteiger partial charge on any atom is 0.428 e. The van der Waals surface area contributed by atoms with E-state index in [-0.39, 0.29) is 0 Å². The molecule has 0 saturated heterocycles. The molecule has 5 heteroatoms. The van der Waals surface area contributed by atoms with Crippen LogP contribution in [0.25, 0.3) is 0 Å². The third kappa shape index (κ3) is 2.68. The van der Waals surface area contributed by atoms with Crippen LogP contribution in [0.5, 0.6) is 0 Å². The van der Waals surface area contributed by atoms with Gasteiger partial charge in [0.1, 0.15) is 0 Å². The minimum atomic E-state index is -0.727. The van der Waals surface area contributed by atoms with Crippen molar-refractivity contribution in [2.75, 3.05) is 7.11 Å². The van der Waals surface area contributed by atoms with Crippen molar-refractivity contribution in [3.05, 3.63) is 0 Å². The molecule has 0 aromatic rings. The van der Waals surface area contributed by atoms with Gasteiger partial charge in [-0.15, -0.1) is 0 Å². The van der Waals surface area contributed by atoms with Crippen molar-refractivity contribution in [2.24, 2.45) is 5.22 Å². The van der Waals surface area contributed by atoms with Gasteiger partial charge >= 0.3 is 6.09 Å². The fourth-order valence-electron chi connectivity index (χ4n) is 0.0913. The van der Waals surface area contributed by atoms with Gasteiger partial charge in [0.2, 0.25) is 0 Å². The molecule has 0 spiro atoms. The summed E-state index contributed by atoms with van der Waals surface area (Å²) in [5, 5.41) is 2.53. The lowest BCUT2D eigenvalue weighted by Crippen LogP contribution is -2.15. The molecular weight excluding hydrogens is 98.0 g/mol. The van der Waals surface area contributed by atoms with Crippen LogP contribution < -0.4 is 5.43 Å². The molecule has 0 unspecified atom stereocenters. The van der Waals surface area contributed by atoms with Gasteiger partial charge in [0.25, 0.3) is 0 Å². The van der Waals surface area contributed by atoms with Crippen LogP contribution in [0.2, 0.25) is 0 Å². The first-order valence-corrected chi connectivity index (χ1v) is 1.51. The molecule has 0 aromatic carbocycles. The fourth-order valence-corrected chi connectivity index (χ4v) is 0.0913. The molecule has 0 heterocycles. The summed E-state index contributed by atoms with van der Waals surface area (Å²) in [5.41, 5.74) is 7.78. The Bertz CT molecular complexity index is 81.0. The molecule has 0 saturated carbocycles. The highest BCUT2D eigenvalue weighted by atomic mass is 16.5. The molecule has 0 atom stereocenters. The lowest BCUT2D eigenvalue weighted by molar-refractivity contribution is 0.170. The van der Waals surface area contributed by atoms with Crippen molar-refractivity contribution < 1.29 is 9.53 Å². The van der Waals surface area contributed by atoms with Crippen LogP contribution in [0.4, 0.5) is 4.79 Å². The van der Waals surface area contributed by atoms with Crippen LogP contribution in [0.15, 0.2) is 5.22 Å². The third-order valence-corrected chi connectivity index (χ3v) is 0.333. The highest BCUT2D eigenvalue weighted by molar-refractivity contribution is 5.66. The van der Waals surface area contributed by atoms with Crippen molar-refractivity contribution in [3.63, 3.8) is 0 Å². The van der Waals surface area contributed by atoms with Gasteiger partial charge in [-0.3, -0.25) is 0 Å². The largest absolute Gasteiger partial charge is 0.452 e. The van der Waals surface area contributed by atoms with Gasteiger partial charge in [-0.05, 0) is 0 Å². The fraction of sp³-hybridized carbons (Fsp3) is 0.500. The van der Waals surface area contributed by atoms with Crippen LogP contribution in [-0.2, 0) is 4.74 Å². The minimum absolute atomic E-state index is 0.727. The number of methoxy groups -OCH3 is 1. The number of amides is 1. The lowest BCUT2D eigenvalue weighted by atomic mass is 11.2. The topological polar surface area (TPSA) is 74.5 Å². The van der Waals surface area contributed by atoms with E-state index in [0.29, 0.717) is 0 Å². The molecule has 40 valence electrons. The first kappa shape index (κ1) is 5.87. The smallest absolute Gasteiger partial charge is 0.428 e. The Kier molecular flexibility index (Phi) is 2.58. The third-order valence-electron chi connectivity index (χ3n) is 0.333. The molecule has 7 heavy (non-hydrogen) atoms. The zero-order valence-corrected chi connectivity index (χ0v) is 3.76. The molecule has 0 aliphatic heterocycles. The second kappa shape index (κ2) is 3.08. The number of carbonyl (C=O) groups excluding carboxylic acids is 1. The Labute approximate surface area is 40.1 Å². The minimum Gasteiger partial charge on any atom is -0.452 e. The molecule has 2 N–H and O–H groups in total. The summed E-state index contributed by atoms with van der Waals surface area (Å²) in [5.74, 6) is 0. The monoisotopic (exact) mass is 103 g/mol. The van der Waals surface area contributed by atoms with Crippen LogP contribution in [0.3, 0.4) is 0 Å².